The van der Waals surface area contributed by atoms with Crippen molar-refractivity contribution in [1.82, 2.24) is 10.2 Å². The molecule has 29 heavy (non-hydrogen) atoms. The van der Waals surface area contributed by atoms with Gasteiger partial charge in [-0.1, -0.05) is 42.5 Å². The van der Waals surface area contributed by atoms with Gasteiger partial charge in [-0.05, 0) is 23.6 Å². The molecule has 2 aromatic carbocycles. The Labute approximate surface area is 165 Å². The van der Waals surface area contributed by atoms with E-state index < -0.39 is 24.2 Å². The van der Waals surface area contributed by atoms with Gasteiger partial charge in [0.1, 0.15) is 5.75 Å². The summed E-state index contributed by atoms with van der Waals surface area (Å²) in [5.74, 6) is -1.34. The number of carbonyl (C=O) groups excluding carboxylic acids is 2. The lowest BCUT2D eigenvalue weighted by Gasteiger charge is -2.34. The molecule has 0 saturated carbocycles. The van der Waals surface area contributed by atoms with Crippen molar-refractivity contribution < 1.29 is 27.5 Å². The highest BCUT2D eigenvalue weighted by Crippen LogP contribution is 2.26. The number of hydrogen-bond donors (Lipinski definition) is 2. The van der Waals surface area contributed by atoms with Gasteiger partial charge in [-0.25, -0.2) is 0 Å². The molecule has 0 spiro atoms. The van der Waals surface area contributed by atoms with Crippen LogP contribution in [0.15, 0.2) is 48.5 Å². The SMILES string of the molecule is NC(=O)[C@@H]1Cc2ccccc2CN1CC(=O)NCc1ccccc1OC(F)(F)F. The lowest BCUT2D eigenvalue weighted by molar-refractivity contribution is -0.274. The molecule has 3 rings (SSSR count). The van der Waals surface area contributed by atoms with Gasteiger partial charge < -0.3 is 15.8 Å². The van der Waals surface area contributed by atoms with Crippen molar-refractivity contribution in [1.29, 1.82) is 0 Å². The van der Waals surface area contributed by atoms with Crippen molar-refractivity contribution in [3.63, 3.8) is 0 Å². The Balaban J connectivity index is 1.64. The molecule has 154 valence electrons. The molecule has 0 saturated heterocycles. The van der Waals surface area contributed by atoms with Crippen LogP contribution in [0.25, 0.3) is 0 Å². The Hall–Kier alpha value is -3.07. The average Bonchev–Trinajstić information content (AvgIpc) is 2.65. The molecule has 1 atom stereocenters. The van der Waals surface area contributed by atoms with E-state index in [1.54, 1.807) is 11.0 Å². The van der Waals surface area contributed by atoms with Gasteiger partial charge in [0, 0.05) is 18.7 Å². The fourth-order valence-corrected chi connectivity index (χ4v) is 3.33. The quantitative estimate of drug-likeness (QED) is 0.768. The van der Waals surface area contributed by atoms with Gasteiger partial charge in [0.15, 0.2) is 0 Å². The van der Waals surface area contributed by atoms with E-state index in [0.717, 1.165) is 11.1 Å². The Morgan fingerprint density at radius 3 is 2.45 bits per heavy atom. The number of para-hydroxylation sites is 1. The van der Waals surface area contributed by atoms with Gasteiger partial charge in [-0.2, -0.15) is 0 Å². The summed E-state index contributed by atoms with van der Waals surface area (Å²) in [5, 5.41) is 2.58. The number of nitrogens with zero attached hydrogens (tertiary/aromatic N) is 1. The minimum atomic E-state index is -4.82. The Morgan fingerprint density at radius 2 is 1.76 bits per heavy atom. The molecule has 6 nitrogen and oxygen atoms in total. The highest BCUT2D eigenvalue weighted by Gasteiger charge is 2.33. The lowest BCUT2D eigenvalue weighted by Crippen LogP contribution is -2.51. The molecule has 0 radical (unpaired) electrons. The zero-order chi connectivity index (χ0) is 21.0. The molecule has 0 fully saturated rings. The first-order valence-electron chi connectivity index (χ1n) is 8.93. The summed E-state index contributed by atoms with van der Waals surface area (Å²) in [6.45, 7) is 0.131. The molecule has 0 aromatic heterocycles. The first kappa shape index (κ1) is 20.7. The highest BCUT2D eigenvalue weighted by atomic mass is 19.4. The van der Waals surface area contributed by atoms with Gasteiger partial charge in [0.05, 0.1) is 12.6 Å². The summed E-state index contributed by atoms with van der Waals surface area (Å²) < 4.78 is 41.5. The molecule has 0 unspecified atom stereocenters. The molecule has 3 N–H and O–H groups in total. The number of ether oxygens (including phenoxy) is 1. The minimum Gasteiger partial charge on any atom is -0.405 e. The largest absolute Gasteiger partial charge is 0.573 e. The number of carbonyl (C=O) groups is 2. The highest BCUT2D eigenvalue weighted by molar-refractivity contribution is 5.83. The number of halogens is 3. The normalized spacial score (nSPS) is 16.7. The second kappa shape index (κ2) is 8.52. The number of hydrogen-bond acceptors (Lipinski definition) is 4. The summed E-state index contributed by atoms with van der Waals surface area (Å²) in [6, 6.07) is 12.5. The molecule has 0 bridgehead atoms. The van der Waals surface area contributed by atoms with E-state index in [1.807, 2.05) is 24.3 Å². The van der Waals surface area contributed by atoms with Gasteiger partial charge in [0.25, 0.3) is 0 Å². The van der Waals surface area contributed by atoms with E-state index in [2.05, 4.69) is 10.1 Å². The fraction of sp³-hybridized carbons (Fsp3) is 0.300. The van der Waals surface area contributed by atoms with E-state index in [-0.39, 0.29) is 24.4 Å². The van der Waals surface area contributed by atoms with E-state index in [0.29, 0.717) is 13.0 Å². The van der Waals surface area contributed by atoms with Crippen molar-refractivity contribution in [3.05, 3.63) is 65.2 Å². The Bertz CT molecular complexity index is 902. The van der Waals surface area contributed by atoms with Crippen molar-refractivity contribution in [3.8, 4) is 5.75 Å². The Kier molecular flexibility index (Phi) is 6.07. The molecule has 2 aromatic rings. The zero-order valence-corrected chi connectivity index (χ0v) is 15.4. The van der Waals surface area contributed by atoms with Crippen LogP contribution in [-0.2, 0) is 29.1 Å². The van der Waals surface area contributed by atoms with Crippen molar-refractivity contribution in [2.75, 3.05) is 6.54 Å². The van der Waals surface area contributed by atoms with Crippen LogP contribution in [0.1, 0.15) is 16.7 Å². The number of rotatable bonds is 6. The van der Waals surface area contributed by atoms with Gasteiger partial charge in [-0.15, -0.1) is 13.2 Å². The second-order valence-corrected chi connectivity index (χ2v) is 6.73. The maximum absolute atomic E-state index is 12.5. The van der Waals surface area contributed by atoms with E-state index in [1.165, 1.54) is 18.2 Å². The molecule has 1 aliphatic heterocycles. The summed E-state index contributed by atoms with van der Waals surface area (Å²) >= 11 is 0. The van der Waals surface area contributed by atoms with E-state index in [9.17, 15) is 22.8 Å². The molecular formula is C20H20F3N3O3. The first-order chi connectivity index (χ1) is 13.7. The zero-order valence-electron chi connectivity index (χ0n) is 15.4. The van der Waals surface area contributed by atoms with Crippen LogP contribution in [0.4, 0.5) is 13.2 Å². The lowest BCUT2D eigenvalue weighted by atomic mass is 9.93. The van der Waals surface area contributed by atoms with Crippen molar-refractivity contribution >= 4 is 11.8 Å². The number of benzene rings is 2. The predicted octanol–water partition coefficient (Wildman–Crippen LogP) is 2.11. The third-order valence-corrected chi connectivity index (χ3v) is 4.70. The number of nitrogens with two attached hydrogens (primary N) is 1. The van der Waals surface area contributed by atoms with Crippen LogP contribution in [0.3, 0.4) is 0 Å². The van der Waals surface area contributed by atoms with Gasteiger partial charge in [-0.3, -0.25) is 14.5 Å². The van der Waals surface area contributed by atoms with Gasteiger partial charge >= 0.3 is 6.36 Å². The maximum Gasteiger partial charge on any atom is 0.573 e. The van der Waals surface area contributed by atoms with Crippen molar-refractivity contribution in [2.24, 2.45) is 5.73 Å². The van der Waals surface area contributed by atoms with Crippen LogP contribution in [0.2, 0.25) is 0 Å². The average molecular weight is 407 g/mol. The summed E-state index contributed by atoms with van der Waals surface area (Å²) in [5.41, 5.74) is 7.69. The van der Waals surface area contributed by atoms with Gasteiger partial charge in [0.2, 0.25) is 11.8 Å². The van der Waals surface area contributed by atoms with Crippen molar-refractivity contribution in [2.45, 2.75) is 31.9 Å². The van der Waals surface area contributed by atoms with Crippen LogP contribution in [-0.4, -0.2) is 35.7 Å². The number of amides is 2. The summed E-state index contributed by atoms with van der Waals surface area (Å²) in [4.78, 5) is 25.9. The second-order valence-electron chi connectivity index (χ2n) is 6.73. The molecule has 1 heterocycles. The predicted molar refractivity (Wildman–Crippen MR) is 98.5 cm³/mol. The number of nitrogens with one attached hydrogen (secondary N) is 1. The molecule has 0 aliphatic carbocycles. The van der Waals surface area contributed by atoms with Crippen LogP contribution >= 0.6 is 0 Å². The van der Waals surface area contributed by atoms with Crippen LogP contribution < -0.4 is 15.8 Å². The molecule has 1 aliphatic rings. The summed E-state index contributed by atoms with van der Waals surface area (Å²) in [6.07, 6.45) is -4.42. The third kappa shape index (κ3) is 5.47. The molecular weight excluding hydrogens is 387 g/mol. The number of fused-ring (bicyclic) bond motifs is 1. The number of alkyl halides is 3. The van der Waals surface area contributed by atoms with Crippen LogP contribution in [0, 0.1) is 0 Å². The standard InChI is InChI=1S/C20H20F3N3O3/c21-20(22,23)29-17-8-4-3-6-14(17)10-25-18(27)12-26-11-15-7-2-1-5-13(15)9-16(26)19(24)28/h1-8,16H,9-12H2,(H2,24,28)(H,25,27)/t16-/m0/s1. The Morgan fingerprint density at radius 1 is 1.10 bits per heavy atom. The fourth-order valence-electron chi connectivity index (χ4n) is 3.33. The monoisotopic (exact) mass is 407 g/mol. The minimum absolute atomic E-state index is 0.107. The smallest absolute Gasteiger partial charge is 0.405 e. The topological polar surface area (TPSA) is 84.7 Å². The molecule has 9 heteroatoms. The third-order valence-electron chi connectivity index (χ3n) is 4.70. The first-order valence-corrected chi connectivity index (χ1v) is 8.93. The van der Waals surface area contributed by atoms with Crippen LogP contribution in [0.5, 0.6) is 5.75 Å². The van der Waals surface area contributed by atoms with E-state index in [4.69, 9.17) is 5.73 Å². The van der Waals surface area contributed by atoms with E-state index >= 15 is 0 Å². The number of primary amides is 1. The molecule has 2 amide bonds. The maximum atomic E-state index is 12.5. The summed E-state index contributed by atoms with van der Waals surface area (Å²) in [7, 11) is 0.